The van der Waals surface area contributed by atoms with Crippen molar-refractivity contribution in [3.8, 4) is 5.75 Å². The zero-order chi connectivity index (χ0) is 18.8. The molecule has 0 aliphatic carbocycles. The topological polar surface area (TPSA) is 134 Å². The molecule has 0 bridgehead atoms. The van der Waals surface area contributed by atoms with Crippen LogP contribution in [0.15, 0.2) is 37.4 Å². The lowest BCUT2D eigenvalue weighted by atomic mass is 9.96. The van der Waals surface area contributed by atoms with E-state index in [-0.39, 0.29) is 37.6 Å². The molecule has 8 nitrogen and oxygen atoms in total. The first-order valence-corrected chi connectivity index (χ1v) is 7.84. The Balaban J connectivity index is 0.00000151. The minimum atomic E-state index is -0.990. The summed E-state index contributed by atoms with van der Waals surface area (Å²) in [6.45, 7) is 6.53. The van der Waals surface area contributed by atoms with Crippen LogP contribution in [0.5, 0.6) is 5.75 Å². The molecule has 1 aliphatic rings. The molecule has 1 aliphatic heterocycles. The number of urea groups is 1. The summed E-state index contributed by atoms with van der Waals surface area (Å²) in [7, 11) is 0. The van der Waals surface area contributed by atoms with Gasteiger partial charge in [0.2, 0.25) is 5.91 Å². The summed E-state index contributed by atoms with van der Waals surface area (Å²) in [5.41, 5.74) is 6.56. The highest BCUT2D eigenvalue weighted by molar-refractivity contribution is 5.95. The third kappa shape index (κ3) is 6.64. The molecule has 2 unspecified atom stereocenters. The molecule has 0 spiro atoms. The Morgan fingerprint density at radius 2 is 1.68 bits per heavy atom. The molecule has 25 heavy (non-hydrogen) atoms. The number of aromatic hydroxyl groups is 1. The lowest BCUT2D eigenvalue weighted by Crippen LogP contribution is -2.52. The minimum Gasteiger partial charge on any atom is -0.508 e. The summed E-state index contributed by atoms with van der Waals surface area (Å²) < 4.78 is 0. The molecule has 6 N–H and O–H groups in total. The van der Waals surface area contributed by atoms with Crippen LogP contribution >= 0.6 is 0 Å². The van der Waals surface area contributed by atoms with Gasteiger partial charge in [-0.15, -0.1) is 13.2 Å². The van der Waals surface area contributed by atoms with E-state index in [2.05, 4.69) is 29.1 Å². The van der Waals surface area contributed by atoms with Crippen molar-refractivity contribution in [2.45, 2.75) is 24.9 Å². The maximum Gasteiger partial charge on any atom is 0.315 e. The van der Waals surface area contributed by atoms with E-state index in [4.69, 9.17) is 5.73 Å². The number of phenolic OH excluding ortho intramolecular Hbond substituents is 1. The van der Waals surface area contributed by atoms with Gasteiger partial charge in [-0.25, -0.2) is 4.79 Å². The first kappa shape index (κ1) is 20.2. The van der Waals surface area contributed by atoms with Crippen molar-refractivity contribution < 1.29 is 19.5 Å². The SMILES string of the molecule is C=C.NC1CC(=O)NCCNC(=O)NC(Cc2ccc(O)cc2)C1=O. The molecule has 1 aromatic carbocycles. The zero-order valence-electron chi connectivity index (χ0n) is 14.0. The predicted molar refractivity (Wildman–Crippen MR) is 94.0 cm³/mol. The number of ketones is 1. The summed E-state index contributed by atoms with van der Waals surface area (Å²) in [5.74, 6) is -0.628. The van der Waals surface area contributed by atoms with Crippen molar-refractivity contribution in [2.24, 2.45) is 5.73 Å². The van der Waals surface area contributed by atoms with Crippen LogP contribution < -0.4 is 21.7 Å². The Hall–Kier alpha value is -2.87. The number of hydrogen-bond acceptors (Lipinski definition) is 5. The molecule has 2 atom stereocenters. The number of hydrogen-bond donors (Lipinski definition) is 5. The van der Waals surface area contributed by atoms with Crippen molar-refractivity contribution >= 4 is 17.7 Å². The molecule has 0 saturated carbocycles. The molecule has 136 valence electrons. The van der Waals surface area contributed by atoms with E-state index in [1.807, 2.05) is 0 Å². The lowest BCUT2D eigenvalue weighted by Gasteiger charge is -2.20. The van der Waals surface area contributed by atoms with Crippen LogP contribution in [0.3, 0.4) is 0 Å². The summed E-state index contributed by atoms with van der Waals surface area (Å²) in [4.78, 5) is 35.9. The number of carbonyl (C=O) groups excluding carboxylic acids is 3. The van der Waals surface area contributed by atoms with Crippen molar-refractivity contribution in [3.63, 3.8) is 0 Å². The molecule has 1 saturated heterocycles. The Bertz CT molecular complexity index is 603. The molecule has 0 radical (unpaired) electrons. The highest BCUT2D eigenvalue weighted by Gasteiger charge is 2.28. The van der Waals surface area contributed by atoms with Crippen LogP contribution in [0, 0.1) is 0 Å². The molecule has 2 rings (SSSR count). The second-order valence-electron chi connectivity index (χ2n) is 5.39. The smallest absolute Gasteiger partial charge is 0.315 e. The zero-order valence-corrected chi connectivity index (χ0v) is 14.0. The number of nitrogens with one attached hydrogen (secondary N) is 3. The third-order valence-corrected chi connectivity index (χ3v) is 3.53. The van der Waals surface area contributed by atoms with Gasteiger partial charge in [0.1, 0.15) is 5.75 Å². The second kappa shape index (κ2) is 10.1. The highest BCUT2D eigenvalue weighted by Crippen LogP contribution is 2.12. The fraction of sp³-hybridized carbons (Fsp3) is 0.353. The molecule has 1 heterocycles. The van der Waals surface area contributed by atoms with Gasteiger partial charge in [0.15, 0.2) is 5.78 Å². The van der Waals surface area contributed by atoms with Gasteiger partial charge in [-0.1, -0.05) is 12.1 Å². The molecule has 1 aromatic rings. The summed E-state index contributed by atoms with van der Waals surface area (Å²) in [5, 5.41) is 17.0. The van der Waals surface area contributed by atoms with E-state index in [0.717, 1.165) is 5.56 Å². The highest BCUT2D eigenvalue weighted by atomic mass is 16.3. The van der Waals surface area contributed by atoms with Gasteiger partial charge < -0.3 is 26.8 Å². The summed E-state index contributed by atoms with van der Waals surface area (Å²) >= 11 is 0. The summed E-state index contributed by atoms with van der Waals surface area (Å²) in [6, 6.07) is 3.98. The van der Waals surface area contributed by atoms with Gasteiger partial charge in [0.25, 0.3) is 0 Å². The number of carbonyl (C=O) groups is 3. The number of phenols is 1. The van der Waals surface area contributed by atoms with Gasteiger partial charge in [-0.2, -0.15) is 0 Å². The quantitative estimate of drug-likeness (QED) is 0.473. The third-order valence-electron chi connectivity index (χ3n) is 3.53. The van der Waals surface area contributed by atoms with Gasteiger partial charge in [-0.05, 0) is 24.1 Å². The van der Waals surface area contributed by atoms with Gasteiger partial charge >= 0.3 is 6.03 Å². The Labute approximate surface area is 146 Å². The number of nitrogens with two attached hydrogens (primary N) is 1. The number of Topliss-reactive ketones (excluding diaryl/α,β-unsaturated/α-hetero) is 1. The van der Waals surface area contributed by atoms with Crippen molar-refractivity contribution in [1.29, 1.82) is 0 Å². The Morgan fingerprint density at radius 1 is 1.08 bits per heavy atom. The van der Waals surface area contributed by atoms with Crippen LogP contribution in [0.4, 0.5) is 4.79 Å². The van der Waals surface area contributed by atoms with Crippen LogP contribution in [0.2, 0.25) is 0 Å². The fourth-order valence-electron chi connectivity index (χ4n) is 2.31. The van der Waals surface area contributed by atoms with E-state index in [0.29, 0.717) is 0 Å². The number of rotatable bonds is 2. The molecule has 0 aromatic heterocycles. The van der Waals surface area contributed by atoms with Crippen molar-refractivity contribution in [2.75, 3.05) is 13.1 Å². The Morgan fingerprint density at radius 3 is 2.32 bits per heavy atom. The van der Waals surface area contributed by atoms with Crippen LogP contribution in [0.25, 0.3) is 0 Å². The average molecular weight is 348 g/mol. The van der Waals surface area contributed by atoms with Crippen LogP contribution in [0.1, 0.15) is 12.0 Å². The normalized spacial score (nSPS) is 21.6. The van der Waals surface area contributed by atoms with Gasteiger partial charge in [0, 0.05) is 19.5 Å². The largest absolute Gasteiger partial charge is 0.508 e. The maximum absolute atomic E-state index is 12.4. The lowest BCUT2D eigenvalue weighted by molar-refractivity contribution is -0.127. The molecular formula is C17H24N4O4. The van der Waals surface area contributed by atoms with Crippen molar-refractivity contribution in [1.82, 2.24) is 16.0 Å². The first-order chi connectivity index (χ1) is 12.0. The van der Waals surface area contributed by atoms with Crippen LogP contribution in [-0.4, -0.2) is 48.0 Å². The van der Waals surface area contributed by atoms with E-state index < -0.39 is 23.9 Å². The average Bonchev–Trinajstić information content (AvgIpc) is 2.62. The monoisotopic (exact) mass is 348 g/mol. The maximum atomic E-state index is 12.4. The van der Waals surface area contributed by atoms with Crippen LogP contribution in [-0.2, 0) is 16.0 Å². The Kier molecular flexibility index (Phi) is 8.14. The van der Waals surface area contributed by atoms with E-state index >= 15 is 0 Å². The van der Waals surface area contributed by atoms with Gasteiger partial charge in [0.05, 0.1) is 12.1 Å². The second-order valence-corrected chi connectivity index (χ2v) is 5.39. The van der Waals surface area contributed by atoms with Crippen molar-refractivity contribution in [3.05, 3.63) is 43.0 Å². The molecular weight excluding hydrogens is 324 g/mol. The van der Waals surface area contributed by atoms with E-state index in [9.17, 15) is 19.5 Å². The minimum absolute atomic E-state index is 0.113. The first-order valence-electron chi connectivity index (χ1n) is 7.84. The van der Waals surface area contributed by atoms with Gasteiger partial charge in [-0.3, -0.25) is 9.59 Å². The fourth-order valence-corrected chi connectivity index (χ4v) is 2.31. The predicted octanol–water partition coefficient (Wildman–Crippen LogP) is -0.179. The molecule has 1 fully saturated rings. The molecule has 3 amide bonds. The number of benzene rings is 1. The summed E-state index contributed by atoms with van der Waals surface area (Å²) in [6.07, 6.45) is 0.0998. The molecule has 8 heteroatoms. The standard InChI is InChI=1S/C15H20N4O4.C2H4/c16-11-8-13(21)17-5-6-18-15(23)19-12(14(11)22)7-9-1-3-10(20)4-2-9;1-2/h1-4,11-12,20H,5-8,16H2,(H,17,21)(H2,18,19,23);1-2H2. The van der Waals surface area contributed by atoms with E-state index in [1.165, 1.54) is 12.1 Å². The number of amides is 3. The van der Waals surface area contributed by atoms with E-state index in [1.54, 1.807) is 12.1 Å².